The maximum absolute atomic E-state index is 14.2. The number of hydrogen-bond donors (Lipinski definition) is 1. The van der Waals surface area contributed by atoms with Gasteiger partial charge in [-0.15, -0.1) is 0 Å². The van der Waals surface area contributed by atoms with Gasteiger partial charge in [-0.1, -0.05) is 30.3 Å². The van der Waals surface area contributed by atoms with Gasteiger partial charge < -0.3 is 19.6 Å². The number of aliphatic hydroxyl groups is 1. The molecule has 6 nitrogen and oxygen atoms in total. The van der Waals surface area contributed by atoms with Crippen molar-refractivity contribution >= 4 is 17.4 Å². The van der Waals surface area contributed by atoms with Crippen LogP contribution in [-0.2, 0) is 9.59 Å². The van der Waals surface area contributed by atoms with Crippen LogP contribution in [-0.4, -0.2) is 60.9 Å². The van der Waals surface area contributed by atoms with E-state index >= 15 is 0 Å². The number of hydrogen-bond acceptors (Lipinski definition) is 5. The van der Waals surface area contributed by atoms with Crippen molar-refractivity contribution in [3.63, 3.8) is 0 Å². The topological polar surface area (TPSA) is 70.1 Å². The Labute approximate surface area is 168 Å². The minimum absolute atomic E-state index is 0.0209. The highest BCUT2D eigenvalue weighted by molar-refractivity contribution is 6.46. The third kappa shape index (κ3) is 4.00. The highest BCUT2D eigenvalue weighted by Crippen LogP contribution is 2.39. The van der Waals surface area contributed by atoms with E-state index in [9.17, 15) is 19.1 Å². The van der Waals surface area contributed by atoms with Crippen LogP contribution in [0.25, 0.3) is 5.76 Å². The number of carbonyl (C=O) groups is 2. The average molecular weight is 398 g/mol. The van der Waals surface area contributed by atoms with Gasteiger partial charge in [-0.05, 0) is 37.9 Å². The Hall–Kier alpha value is -3.19. The van der Waals surface area contributed by atoms with Gasteiger partial charge >= 0.3 is 0 Å². The lowest BCUT2D eigenvalue weighted by Gasteiger charge is -2.26. The second-order valence-electron chi connectivity index (χ2n) is 7.06. The number of nitrogens with zero attached hydrogens (tertiary/aromatic N) is 2. The Balaban J connectivity index is 2.13. The van der Waals surface area contributed by atoms with E-state index in [2.05, 4.69) is 0 Å². The molecule has 1 N–H and O–H groups in total. The first kappa shape index (κ1) is 20.5. The molecule has 1 atom stereocenters. The molecule has 29 heavy (non-hydrogen) atoms. The van der Waals surface area contributed by atoms with Gasteiger partial charge in [-0.25, -0.2) is 4.39 Å². The van der Waals surface area contributed by atoms with Crippen LogP contribution in [0.1, 0.15) is 17.2 Å². The number of benzene rings is 2. The Morgan fingerprint density at radius 1 is 1.17 bits per heavy atom. The maximum Gasteiger partial charge on any atom is 0.295 e. The van der Waals surface area contributed by atoms with E-state index in [1.165, 1.54) is 24.1 Å². The number of methoxy groups -OCH3 is 1. The van der Waals surface area contributed by atoms with Crippen molar-refractivity contribution in [2.75, 3.05) is 34.3 Å². The second-order valence-corrected chi connectivity index (χ2v) is 7.06. The van der Waals surface area contributed by atoms with Crippen molar-refractivity contribution < 1.29 is 23.8 Å². The summed E-state index contributed by atoms with van der Waals surface area (Å²) in [5, 5.41) is 10.9. The van der Waals surface area contributed by atoms with Crippen LogP contribution in [0.2, 0.25) is 0 Å². The van der Waals surface area contributed by atoms with Crippen LogP contribution in [0.5, 0.6) is 5.75 Å². The molecule has 1 heterocycles. The zero-order valence-corrected chi connectivity index (χ0v) is 16.6. The molecule has 0 saturated carbocycles. The van der Waals surface area contributed by atoms with Gasteiger partial charge in [0.1, 0.15) is 5.76 Å². The van der Waals surface area contributed by atoms with Crippen LogP contribution in [0, 0.1) is 5.82 Å². The fraction of sp³-hybridized carbons (Fsp3) is 0.273. The van der Waals surface area contributed by atoms with Gasteiger partial charge in [0.2, 0.25) is 0 Å². The number of rotatable bonds is 6. The standard InChI is InChI=1S/C22H23FN2O4/c1-24(2)11-12-25-19(14-7-5-4-6-8-14)18(21(27)22(25)28)20(26)15-9-10-17(29-3)16(23)13-15/h4-10,13,19,26H,11-12H2,1-3H3/b20-18+. The van der Waals surface area contributed by atoms with Crippen molar-refractivity contribution in [2.45, 2.75) is 6.04 Å². The van der Waals surface area contributed by atoms with E-state index < -0.39 is 29.3 Å². The number of ketones is 1. The summed E-state index contributed by atoms with van der Waals surface area (Å²) in [5.41, 5.74) is 0.750. The Kier molecular flexibility index (Phi) is 5.98. The summed E-state index contributed by atoms with van der Waals surface area (Å²) >= 11 is 0. The van der Waals surface area contributed by atoms with E-state index in [0.29, 0.717) is 18.7 Å². The molecule has 0 bridgehead atoms. The molecular formula is C22H23FN2O4. The predicted octanol–water partition coefficient (Wildman–Crippen LogP) is 2.82. The van der Waals surface area contributed by atoms with Gasteiger partial charge in [0.05, 0.1) is 18.7 Å². The molecule has 1 saturated heterocycles. The quantitative estimate of drug-likeness (QED) is 0.460. The van der Waals surface area contributed by atoms with E-state index in [1.54, 1.807) is 24.3 Å². The molecule has 1 aliphatic heterocycles. The summed E-state index contributed by atoms with van der Waals surface area (Å²) in [6.07, 6.45) is 0. The number of ether oxygens (including phenoxy) is 1. The van der Waals surface area contributed by atoms with Crippen molar-refractivity contribution in [1.29, 1.82) is 0 Å². The van der Waals surface area contributed by atoms with Gasteiger partial charge in [-0.2, -0.15) is 0 Å². The van der Waals surface area contributed by atoms with Crippen molar-refractivity contribution in [2.24, 2.45) is 0 Å². The number of aliphatic hydroxyl groups excluding tert-OH is 1. The van der Waals surface area contributed by atoms with E-state index in [0.717, 1.165) is 6.07 Å². The highest BCUT2D eigenvalue weighted by atomic mass is 19.1. The maximum atomic E-state index is 14.2. The van der Waals surface area contributed by atoms with Crippen LogP contribution >= 0.6 is 0 Å². The number of halogens is 1. The van der Waals surface area contributed by atoms with Crippen molar-refractivity contribution in [3.05, 3.63) is 71.0 Å². The number of carbonyl (C=O) groups excluding carboxylic acids is 2. The molecule has 152 valence electrons. The normalized spacial score (nSPS) is 18.5. The number of likely N-dealkylation sites (tertiary alicyclic amines) is 1. The lowest BCUT2D eigenvalue weighted by molar-refractivity contribution is -0.140. The van der Waals surface area contributed by atoms with E-state index in [-0.39, 0.29) is 16.9 Å². The Bertz CT molecular complexity index is 957. The molecule has 1 amide bonds. The molecule has 0 aliphatic carbocycles. The SMILES string of the molecule is COc1ccc(/C(O)=C2\C(=O)C(=O)N(CCN(C)C)C2c2ccccc2)cc1F. The van der Waals surface area contributed by atoms with Gasteiger partial charge in [0, 0.05) is 18.7 Å². The van der Waals surface area contributed by atoms with Gasteiger partial charge in [-0.3, -0.25) is 9.59 Å². The smallest absolute Gasteiger partial charge is 0.295 e. The average Bonchev–Trinajstić information content (AvgIpc) is 2.97. The summed E-state index contributed by atoms with van der Waals surface area (Å²) in [5.74, 6) is -2.53. The summed E-state index contributed by atoms with van der Waals surface area (Å²) in [7, 11) is 5.08. The molecule has 1 aliphatic rings. The fourth-order valence-corrected chi connectivity index (χ4v) is 3.37. The Morgan fingerprint density at radius 3 is 2.45 bits per heavy atom. The monoisotopic (exact) mass is 398 g/mol. The zero-order chi connectivity index (χ0) is 21.1. The van der Waals surface area contributed by atoms with Crippen molar-refractivity contribution in [1.82, 2.24) is 9.80 Å². The molecule has 2 aromatic rings. The van der Waals surface area contributed by atoms with Crippen LogP contribution in [0.15, 0.2) is 54.1 Å². The first-order valence-electron chi connectivity index (χ1n) is 9.17. The molecule has 1 fully saturated rings. The summed E-state index contributed by atoms with van der Waals surface area (Å²) in [6.45, 7) is 0.860. The number of likely N-dealkylation sites (N-methyl/N-ethyl adjacent to an activating group) is 1. The first-order chi connectivity index (χ1) is 13.8. The molecule has 0 spiro atoms. The lowest BCUT2D eigenvalue weighted by Crippen LogP contribution is -2.35. The summed E-state index contributed by atoms with van der Waals surface area (Å²) < 4.78 is 19.1. The molecular weight excluding hydrogens is 375 g/mol. The molecule has 0 aromatic heterocycles. The van der Waals surface area contributed by atoms with Crippen molar-refractivity contribution in [3.8, 4) is 5.75 Å². The predicted molar refractivity (Wildman–Crippen MR) is 107 cm³/mol. The molecule has 7 heteroatoms. The molecule has 2 aromatic carbocycles. The Morgan fingerprint density at radius 2 is 1.86 bits per heavy atom. The molecule has 3 rings (SSSR count). The van der Waals surface area contributed by atoms with Crippen LogP contribution < -0.4 is 4.74 Å². The first-order valence-corrected chi connectivity index (χ1v) is 9.17. The molecule has 1 unspecified atom stereocenters. The number of Topliss-reactive ketones (excluding diaryl/α,β-unsaturated/α-hetero) is 1. The summed E-state index contributed by atoms with van der Waals surface area (Å²) in [6, 6.07) is 12.2. The van der Waals surface area contributed by atoms with Crippen LogP contribution in [0.3, 0.4) is 0 Å². The highest BCUT2D eigenvalue weighted by Gasteiger charge is 2.45. The lowest BCUT2D eigenvalue weighted by atomic mass is 9.95. The largest absolute Gasteiger partial charge is 0.507 e. The second kappa shape index (κ2) is 8.45. The van der Waals surface area contributed by atoms with Gasteiger partial charge in [0.25, 0.3) is 11.7 Å². The third-order valence-corrected chi connectivity index (χ3v) is 4.87. The van der Waals surface area contributed by atoms with E-state index in [1.807, 2.05) is 25.1 Å². The zero-order valence-electron chi connectivity index (χ0n) is 16.6. The number of amides is 1. The molecule has 0 radical (unpaired) electrons. The summed E-state index contributed by atoms with van der Waals surface area (Å²) in [4.78, 5) is 28.9. The third-order valence-electron chi connectivity index (χ3n) is 4.87. The minimum atomic E-state index is -0.786. The van der Waals surface area contributed by atoms with Crippen LogP contribution in [0.4, 0.5) is 4.39 Å². The van der Waals surface area contributed by atoms with E-state index in [4.69, 9.17) is 4.74 Å². The fourth-order valence-electron chi connectivity index (χ4n) is 3.37. The minimum Gasteiger partial charge on any atom is -0.507 e. The van der Waals surface area contributed by atoms with Gasteiger partial charge in [0.15, 0.2) is 11.6 Å².